The second-order valence-corrected chi connectivity index (χ2v) is 5.45. The molecule has 138 valence electrons. The van der Waals surface area contributed by atoms with E-state index in [2.05, 4.69) is 10.4 Å². The summed E-state index contributed by atoms with van der Waals surface area (Å²) in [7, 11) is 0. The quantitative estimate of drug-likeness (QED) is 0.569. The minimum absolute atomic E-state index is 0.203. The average molecular weight is 361 g/mol. The molecule has 0 saturated carbocycles. The maximum absolute atomic E-state index is 13.9. The Morgan fingerprint density at radius 2 is 2.00 bits per heavy atom. The van der Waals surface area contributed by atoms with Gasteiger partial charge in [-0.1, -0.05) is 12.1 Å². The van der Waals surface area contributed by atoms with Gasteiger partial charge in [0.05, 0.1) is 12.3 Å². The molecule has 0 aliphatic rings. The van der Waals surface area contributed by atoms with E-state index in [1.54, 1.807) is 25.1 Å². The molecule has 0 atom stereocenters. The highest BCUT2D eigenvalue weighted by molar-refractivity contribution is 5.75. The largest absolute Gasteiger partial charge is 0.466 e. The van der Waals surface area contributed by atoms with Crippen LogP contribution in [0.2, 0.25) is 0 Å². The lowest BCUT2D eigenvalue weighted by Crippen LogP contribution is -2.34. The number of rotatable bonds is 8. The van der Waals surface area contributed by atoms with Crippen molar-refractivity contribution < 1.29 is 18.7 Å². The third-order valence-electron chi connectivity index (χ3n) is 3.49. The van der Waals surface area contributed by atoms with Crippen LogP contribution < -0.4 is 10.9 Å². The van der Waals surface area contributed by atoms with Gasteiger partial charge in [-0.15, -0.1) is 0 Å². The Labute approximate surface area is 149 Å². The van der Waals surface area contributed by atoms with Crippen molar-refractivity contribution in [3.63, 3.8) is 0 Å². The molecule has 0 radical (unpaired) electrons. The number of nitrogens with one attached hydrogen (secondary N) is 1. The average Bonchev–Trinajstić information content (AvgIpc) is 2.61. The Bertz CT molecular complexity index is 835. The number of halogens is 1. The second-order valence-electron chi connectivity index (χ2n) is 5.45. The molecule has 8 heteroatoms. The standard InChI is InChI=1S/C18H20FN3O4/c1-2-26-18(25)8-5-11-20-16(23)12-22-17(24)10-9-15(21-22)13-6-3-4-7-14(13)19/h3-4,6-7,9-10H,2,5,8,11-12H2,1H3,(H,20,23). The molecule has 0 aliphatic heterocycles. The molecule has 0 unspecified atom stereocenters. The summed E-state index contributed by atoms with van der Waals surface area (Å²) in [5.41, 5.74) is 0.0423. The molecule has 2 aromatic rings. The van der Waals surface area contributed by atoms with Crippen LogP contribution in [-0.4, -0.2) is 34.8 Å². The Morgan fingerprint density at radius 1 is 1.23 bits per heavy atom. The number of hydrogen-bond donors (Lipinski definition) is 1. The number of aromatic nitrogens is 2. The molecule has 0 spiro atoms. The molecule has 0 fully saturated rings. The van der Waals surface area contributed by atoms with Crippen molar-refractivity contribution in [2.24, 2.45) is 0 Å². The van der Waals surface area contributed by atoms with Crippen molar-refractivity contribution in [2.45, 2.75) is 26.3 Å². The lowest BCUT2D eigenvalue weighted by atomic mass is 10.1. The summed E-state index contributed by atoms with van der Waals surface area (Å²) in [5.74, 6) is -1.21. The van der Waals surface area contributed by atoms with E-state index in [0.717, 1.165) is 4.68 Å². The van der Waals surface area contributed by atoms with E-state index in [9.17, 15) is 18.8 Å². The van der Waals surface area contributed by atoms with Crippen LogP contribution in [-0.2, 0) is 20.9 Å². The third kappa shape index (κ3) is 5.51. The Hall–Kier alpha value is -3.03. The van der Waals surface area contributed by atoms with Crippen LogP contribution in [0, 0.1) is 5.82 Å². The molecule has 1 amide bonds. The zero-order valence-corrected chi connectivity index (χ0v) is 14.4. The maximum Gasteiger partial charge on any atom is 0.305 e. The van der Waals surface area contributed by atoms with Gasteiger partial charge in [-0.3, -0.25) is 14.4 Å². The van der Waals surface area contributed by atoms with Crippen LogP contribution in [0.25, 0.3) is 11.3 Å². The van der Waals surface area contributed by atoms with Crippen molar-refractivity contribution in [3.8, 4) is 11.3 Å². The molecule has 7 nitrogen and oxygen atoms in total. The maximum atomic E-state index is 13.9. The first-order chi connectivity index (χ1) is 12.5. The molecule has 0 bridgehead atoms. The van der Waals surface area contributed by atoms with Crippen LogP contribution in [0.5, 0.6) is 0 Å². The van der Waals surface area contributed by atoms with Gasteiger partial charge in [0.1, 0.15) is 12.4 Å². The summed E-state index contributed by atoms with van der Waals surface area (Å²) < 4.78 is 19.6. The molecule has 1 heterocycles. The molecule has 0 aliphatic carbocycles. The summed E-state index contributed by atoms with van der Waals surface area (Å²) >= 11 is 0. The fourth-order valence-electron chi connectivity index (χ4n) is 2.26. The first-order valence-corrected chi connectivity index (χ1v) is 8.26. The van der Waals surface area contributed by atoms with Gasteiger partial charge >= 0.3 is 5.97 Å². The van der Waals surface area contributed by atoms with E-state index < -0.39 is 17.3 Å². The number of esters is 1. The van der Waals surface area contributed by atoms with Gasteiger partial charge in [-0.25, -0.2) is 9.07 Å². The van der Waals surface area contributed by atoms with Crippen LogP contribution in [0.1, 0.15) is 19.8 Å². The summed E-state index contributed by atoms with van der Waals surface area (Å²) in [5, 5.41) is 6.66. The van der Waals surface area contributed by atoms with Gasteiger partial charge in [-0.2, -0.15) is 5.10 Å². The molecular formula is C18H20FN3O4. The summed E-state index contributed by atoms with van der Waals surface area (Å²) in [6, 6.07) is 8.70. The zero-order chi connectivity index (χ0) is 18.9. The minimum atomic E-state index is -0.466. The SMILES string of the molecule is CCOC(=O)CCCNC(=O)Cn1nc(-c2ccccc2F)ccc1=O. The van der Waals surface area contributed by atoms with Gasteiger partial charge < -0.3 is 10.1 Å². The van der Waals surface area contributed by atoms with E-state index >= 15 is 0 Å². The molecule has 1 aromatic carbocycles. The van der Waals surface area contributed by atoms with Crippen LogP contribution in [0.15, 0.2) is 41.2 Å². The highest BCUT2D eigenvalue weighted by atomic mass is 19.1. The van der Waals surface area contributed by atoms with Crippen LogP contribution in [0.4, 0.5) is 4.39 Å². The van der Waals surface area contributed by atoms with Crippen molar-refractivity contribution >= 4 is 11.9 Å². The lowest BCUT2D eigenvalue weighted by Gasteiger charge is -2.08. The predicted octanol–water partition coefficient (Wildman–Crippen LogP) is 1.51. The van der Waals surface area contributed by atoms with E-state index in [1.807, 2.05) is 0 Å². The number of benzene rings is 1. The fraction of sp³-hybridized carbons (Fsp3) is 0.333. The molecule has 26 heavy (non-hydrogen) atoms. The van der Waals surface area contributed by atoms with Gasteiger partial charge in [0.15, 0.2) is 0 Å². The van der Waals surface area contributed by atoms with Crippen LogP contribution in [0.3, 0.4) is 0 Å². The Balaban J connectivity index is 1.95. The normalized spacial score (nSPS) is 10.4. The smallest absolute Gasteiger partial charge is 0.305 e. The summed E-state index contributed by atoms with van der Waals surface area (Å²) in [6.45, 7) is 2.03. The van der Waals surface area contributed by atoms with Crippen molar-refractivity contribution in [1.29, 1.82) is 0 Å². The lowest BCUT2D eigenvalue weighted by molar-refractivity contribution is -0.143. The summed E-state index contributed by atoms with van der Waals surface area (Å²) in [4.78, 5) is 35.0. The first kappa shape index (κ1) is 19.3. The van der Waals surface area contributed by atoms with E-state index in [4.69, 9.17) is 4.74 Å². The van der Waals surface area contributed by atoms with Crippen molar-refractivity contribution in [1.82, 2.24) is 15.1 Å². The van der Waals surface area contributed by atoms with E-state index in [-0.39, 0.29) is 36.7 Å². The van der Waals surface area contributed by atoms with Crippen molar-refractivity contribution in [2.75, 3.05) is 13.2 Å². The minimum Gasteiger partial charge on any atom is -0.466 e. The number of nitrogens with zero attached hydrogens (tertiary/aromatic N) is 2. The first-order valence-electron chi connectivity index (χ1n) is 8.26. The van der Waals surface area contributed by atoms with Crippen molar-refractivity contribution in [3.05, 3.63) is 52.6 Å². The Kier molecular flexibility index (Phi) is 7.02. The highest BCUT2D eigenvalue weighted by Crippen LogP contribution is 2.18. The summed E-state index contributed by atoms with van der Waals surface area (Å²) in [6.07, 6.45) is 0.636. The number of ether oxygens (including phenoxy) is 1. The number of carbonyl (C=O) groups excluding carboxylic acids is 2. The monoisotopic (exact) mass is 361 g/mol. The molecule has 1 N–H and O–H groups in total. The van der Waals surface area contributed by atoms with E-state index in [0.29, 0.717) is 13.0 Å². The number of amides is 1. The third-order valence-corrected chi connectivity index (χ3v) is 3.49. The van der Waals surface area contributed by atoms with E-state index in [1.165, 1.54) is 18.2 Å². The molecule has 1 aromatic heterocycles. The molecular weight excluding hydrogens is 341 g/mol. The number of hydrogen-bond acceptors (Lipinski definition) is 5. The second kappa shape index (κ2) is 9.45. The van der Waals surface area contributed by atoms with Gasteiger partial charge in [0, 0.05) is 24.6 Å². The van der Waals surface area contributed by atoms with Crippen LogP contribution >= 0.6 is 0 Å². The number of carbonyl (C=O) groups is 2. The fourth-order valence-corrected chi connectivity index (χ4v) is 2.26. The van der Waals surface area contributed by atoms with Gasteiger partial charge in [-0.05, 0) is 31.5 Å². The van der Waals surface area contributed by atoms with Gasteiger partial charge in [0.2, 0.25) is 5.91 Å². The molecule has 0 saturated heterocycles. The zero-order valence-electron chi connectivity index (χ0n) is 14.4. The Morgan fingerprint density at radius 3 is 2.73 bits per heavy atom. The predicted molar refractivity (Wildman–Crippen MR) is 92.8 cm³/mol. The highest BCUT2D eigenvalue weighted by Gasteiger charge is 2.10. The topological polar surface area (TPSA) is 90.3 Å². The molecule has 2 rings (SSSR count). The van der Waals surface area contributed by atoms with Gasteiger partial charge in [0.25, 0.3) is 5.56 Å².